The van der Waals surface area contributed by atoms with Gasteiger partial charge in [0.25, 0.3) is 0 Å². The van der Waals surface area contributed by atoms with E-state index in [-0.39, 0.29) is 0 Å². The molecule has 1 saturated heterocycles. The van der Waals surface area contributed by atoms with Crippen molar-refractivity contribution < 1.29 is 5.11 Å². The van der Waals surface area contributed by atoms with E-state index < -0.39 is 0 Å². The maximum absolute atomic E-state index is 8.69. The van der Waals surface area contributed by atoms with E-state index in [1.807, 2.05) is 11.8 Å². The zero-order chi connectivity index (χ0) is 7.40. The lowest BCUT2D eigenvalue weighted by molar-refractivity contribution is 0.172. The van der Waals surface area contributed by atoms with Gasteiger partial charge < -0.3 is 5.11 Å². The van der Waals surface area contributed by atoms with E-state index in [1.165, 1.54) is 11.5 Å². The summed E-state index contributed by atoms with van der Waals surface area (Å²) in [7, 11) is 0. The number of β-amino-alcohol motifs (C(OH)–C–C–N with tert-alkyl or cyclic N) is 1. The molecule has 0 amide bonds. The molecule has 0 spiro atoms. The predicted octanol–water partition coefficient (Wildman–Crippen LogP) is 0.416. The van der Waals surface area contributed by atoms with Crippen LogP contribution >= 0.6 is 11.8 Å². The summed E-state index contributed by atoms with van der Waals surface area (Å²) >= 11 is 2.01. The Bertz CT molecular complexity index is 97.6. The second-order valence-electron chi connectivity index (χ2n) is 2.68. The van der Waals surface area contributed by atoms with E-state index in [0.717, 1.165) is 13.1 Å². The predicted molar refractivity (Wildman–Crippen MR) is 45.4 cm³/mol. The molecule has 0 bridgehead atoms. The number of thioether (sulfide) groups is 1. The number of rotatable bonds is 2. The molecule has 0 aromatic heterocycles. The monoisotopic (exact) mass is 161 g/mol. The van der Waals surface area contributed by atoms with Gasteiger partial charge in [-0.15, -0.1) is 0 Å². The normalized spacial score (nSPS) is 28.8. The highest BCUT2D eigenvalue weighted by Crippen LogP contribution is 2.14. The van der Waals surface area contributed by atoms with Gasteiger partial charge >= 0.3 is 0 Å². The Hall–Kier alpha value is 0.270. The van der Waals surface area contributed by atoms with Crippen molar-refractivity contribution in [2.75, 3.05) is 31.2 Å². The summed E-state index contributed by atoms with van der Waals surface area (Å²) in [6, 6.07) is 0.658. The number of aliphatic hydroxyl groups excluding tert-OH is 1. The lowest BCUT2D eigenvalue weighted by Gasteiger charge is -2.32. The molecule has 60 valence electrons. The van der Waals surface area contributed by atoms with Crippen molar-refractivity contribution >= 4 is 11.8 Å². The van der Waals surface area contributed by atoms with Crippen LogP contribution in [0, 0.1) is 0 Å². The molecule has 0 aliphatic carbocycles. The Labute approximate surface area is 66.6 Å². The van der Waals surface area contributed by atoms with Gasteiger partial charge in [0.2, 0.25) is 0 Å². The SMILES string of the molecule is CC1CSCCN1CCO. The third-order valence-electron chi connectivity index (χ3n) is 1.89. The first-order valence-electron chi connectivity index (χ1n) is 3.77. The summed E-state index contributed by atoms with van der Waals surface area (Å²) < 4.78 is 0. The van der Waals surface area contributed by atoms with Crippen LogP contribution in [0.25, 0.3) is 0 Å². The Morgan fingerprint density at radius 3 is 3.10 bits per heavy atom. The topological polar surface area (TPSA) is 23.5 Å². The van der Waals surface area contributed by atoms with Crippen LogP contribution in [-0.4, -0.2) is 47.3 Å². The van der Waals surface area contributed by atoms with Gasteiger partial charge in [0.1, 0.15) is 0 Å². The van der Waals surface area contributed by atoms with Crippen molar-refractivity contribution in [3.05, 3.63) is 0 Å². The van der Waals surface area contributed by atoms with Crippen molar-refractivity contribution in [3.63, 3.8) is 0 Å². The van der Waals surface area contributed by atoms with Crippen molar-refractivity contribution in [3.8, 4) is 0 Å². The quantitative estimate of drug-likeness (QED) is 0.635. The van der Waals surface area contributed by atoms with Crippen LogP contribution in [0.15, 0.2) is 0 Å². The molecule has 1 N–H and O–H groups in total. The van der Waals surface area contributed by atoms with E-state index in [4.69, 9.17) is 5.11 Å². The van der Waals surface area contributed by atoms with Crippen molar-refractivity contribution in [2.24, 2.45) is 0 Å². The molecular formula is C7H15NOS. The zero-order valence-corrected chi connectivity index (χ0v) is 7.23. The van der Waals surface area contributed by atoms with E-state index in [9.17, 15) is 0 Å². The smallest absolute Gasteiger partial charge is 0.0558 e. The van der Waals surface area contributed by atoms with Crippen molar-refractivity contribution in [2.45, 2.75) is 13.0 Å². The second kappa shape index (κ2) is 4.21. The van der Waals surface area contributed by atoms with Gasteiger partial charge in [0.05, 0.1) is 6.61 Å². The van der Waals surface area contributed by atoms with E-state index >= 15 is 0 Å². The van der Waals surface area contributed by atoms with Gasteiger partial charge in [-0.25, -0.2) is 0 Å². The second-order valence-corrected chi connectivity index (χ2v) is 3.83. The molecule has 1 rings (SSSR count). The largest absolute Gasteiger partial charge is 0.395 e. The minimum Gasteiger partial charge on any atom is -0.395 e. The Morgan fingerprint density at radius 1 is 1.70 bits per heavy atom. The highest BCUT2D eigenvalue weighted by atomic mass is 32.2. The van der Waals surface area contributed by atoms with Gasteiger partial charge in [0.15, 0.2) is 0 Å². The summed E-state index contributed by atoms with van der Waals surface area (Å²) in [6.45, 7) is 4.52. The fourth-order valence-corrected chi connectivity index (χ4v) is 2.30. The van der Waals surface area contributed by atoms with E-state index in [2.05, 4.69) is 11.8 Å². The Kier molecular flexibility index (Phi) is 3.52. The Balaban J connectivity index is 2.25. The van der Waals surface area contributed by atoms with Crippen molar-refractivity contribution in [1.29, 1.82) is 0 Å². The molecule has 10 heavy (non-hydrogen) atoms. The van der Waals surface area contributed by atoms with Crippen LogP contribution in [0.5, 0.6) is 0 Å². The van der Waals surface area contributed by atoms with Crippen LogP contribution in [0.2, 0.25) is 0 Å². The number of hydrogen-bond donors (Lipinski definition) is 1. The molecule has 3 heteroatoms. The van der Waals surface area contributed by atoms with Gasteiger partial charge in [-0.2, -0.15) is 11.8 Å². The molecule has 0 aromatic rings. The Morgan fingerprint density at radius 2 is 2.50 bits per heavy atom. The molecule has 1 aliphatic rings. The van der Waals surface area contributed by atoms with Gasteiger partial charge in [-0.3, -0.25) is 4.90 Å². The maximum atomic E-state index is 8.69. The first-order valence-corrected chi connectivity index (χ1v) is 4.92. The third-order valence-corrected chi connectivity index (χ3v) is 3.08. The minimum atomic E-state index is 0.301. The summed E-state index contributed by atoms with van der Waals surface area (Å²) in [4.78, 5) is 2.34. The average Bonchev–Trinajstić information content (AvgIpc) is 1.94. The van der Waals surface area contributed by atoms with Crippen molar-refractivity contribution in [1.82, 2.24) is 4.90 Å². The summed E-state index contributed by atoms with van der Waals surface area (Å²) in [5, 5.41) is 8.69. The van der Waals surface area contributed by atoms with Gasteiger partial charge in [-0.05, 0) is 6.92 Å². The number of nitrogens with zero attached hydrogens (tertiary/aromatic N) is 1. The zero-order valence-electron chi connectivity index (χ0n) is 6.42. The van der Waals surface area contributed by atoms with Gasteiger partial charge in [0, 0.05) is 30.6 Å². The molecule has 0 saturated carbocycles. The summed E-state index contributed by atoms with van der Waals surface area (Å²) in [6.07, 6.45) is 0. The third kappa shape index (κ3) is 2.15. The first-order chi connectivity index (χ1) is 4.84. The molecule has 0 radical (unpaired) electrons. The number of hydrogen-bond acceptors (Lipinski definition) is 3. The molecule has 0 aromatic carbocycles. The van der Waals surface area contributed by atoms with Crippen LogP contribution in [0.4, 0.5) is 0 Å². The summed E-state index contributed by atoms with van der Waals surface area (Å²) in [5.74, 6) is 2.45. The van der Waals surface area contributed by atoms with Crippen LogP contribution < -0.4 is 0 Å². The molecule has 1 fully saturated rings. The van der Waals surface area contributed by atoms with E-state index in [1.54, 1.807) is 0 Å². The lowest BCUT2D eigenvalue weighted by Crippen LogP contribution is -2.41. The van der Waals surface area contributed by atoms with Gasteiger partial charge in [-0.1, -0.05) is 0 Å². The van der Waals surface area contributed by atoms with Crippen LogP contribution in [-0.2, 0) is 0 Å². The number of aliphatic hydroxyl groups is 1. The molecular weight excluding hydrogens is 146 g/mol. The molecule has 1 atom stereocenters. The van der Waals surface area contributed by atoms with Crippen LogP contribution in [0.3, 0.4) is 0 Å². The summed E-state index contributed by atoms with van der Waals surface area (Å²) in [5.41, 5.74) is 0. The first kappa shape index (κ1) is 8.37. The lowest BCUT2D eigenvalue weighted by atomic mass is 10.3. The molecule has 1 heterocycles. The molecule has 1 unspecified atom stereocenters. The van der Waals surface area contributed by atoms with E-state index in [0.29, 0.717) is 12.6 Å². The molecule has 2 nitrogen and oxygen atoms in total. The fraction of sp³-hybridized carbons (Fsp3) is 1.00. The maximum Gasteiger partial charge on any atom is 0.0558 e. The average molecular weight is 161 g/mol. The standard InChI is InChI=1S/C7H15NOS/c1-7-6-10-5-3-8(7)2-4-9/h7,9H,2-6H2,1H3. The highest BCUT2D eigenvalue weighted by Gasteiger charge is 2.16. The minimum absolute atomic E-state index is 0.301. The van der Waals surface area contributed by atoms with Crippen LogP contribution in [0.1, 0.15) is 6.92 Å². The highest BCUT2D eigenvalue weighted by molar-refractivity contribution is 7.99. The molecule has 1 aliphatic heterocycles. The fourth-order valence-electron chi connectivity index (χ4n) is 1.22.